The van der Waals surface area contributed by atoms with Crippen LogP contribution in [0.15, 0.2) is 31.8 Å². The minimum atomic E-state index is 1.01. The summed E-state index contributed by atoms with van der Waals surface area (Å²) in [5, 5.41) is 3.49. The molecule has 0 bridgehead atoms. The van der Waals surface area contributed by atoms with Crippen molar-refractivity contribution in [2.75, 3.05) is 6.26 Å². The molecule has 0 saturated heterocycles. The molecule has 0 unspecified atom stereocenters. The second-order valence-electron chi connectivity index (χ2n) is 2.61. The molecule has 0 aliphatic rings. The molecule has 0 aliphatic heterocycles. The van der Waals surface area contributed by atoms with Gasteiger partial charge in [-0.15, -0.1) is 35.7 Å². The fraction of sp³-hybridized carbons (Fsp3) is 0.111. The van der Waals surface area contributed by atoms with Crippen LogP contribution in [-0.2, 0) is 0 Å². The van der Waals surface area contributed by atoms with E-state index in [1.165, 1.54) is 15.0 Å². The third-order valence-electron chi connectivity index (χ3n) is 1.80. The second-order valence-corrected chi connectivity index (χ2v) is 5.71. The summed E-state index contributed by atoms with van der Waals surface area (Å²) in [5.74, 6) is 0. The Morgan fingerprint density at radius 3 is 2.92 bits per heavy atom. The molecule has 2 rings (SSSR count). The number of thioether (sulfide) groups is 1. The van der Waals surface area contributed by atoms with E-state index in [0.717, 1.165) is 9.37 Å². The van der Waals surface area contributed by atoms with E-state index in [4.69, 9.17) is 0 Å². The largest absolute Gasteiger partial charge is 0.143 e. The highest BCUT2D eigenvalue weighted by Gasteiger charge is 2.06. The number of rotatable bonds is 1. The lowest BCUT2D eigenvalue weighted by atomic mass is 10.3. The van der Waals surface area contributed by atoms with Crippen molar-refractivity contribution in [1.29, 1.82) is 0 Å². The highest BCUT2D eigenvalue weighted by molar-refractivity contribution is 9.10. The minimum Gasteiger partial charge on any atom is -0.143 e. The molecule has 0 spiro atoms. The molecule has 1 heterocycles. The van der Waals surface area contributed by atoms with Gasteiger partial charge in [0.25, 0.3) is 0 Å². The summed E-state index contributed by atoms with van der Waals surface area (Å²) < 4.78 is 2.45. The van der Waals surface area contributed by atoms with Crippen LogP contribution < -0.4 is 0 Å². The van der Waals surface area contributed by atoms with E-state index in [1.54, 1.807) is 23.1 Å². The van der Waals surface area contributed by atoms with E-state index in [2.05, 4.69) is 46.3 Å². The monoisotopic (exact) mass is 290 g/mol. The molecular weight excluding hydrogens is 284 g/mol. The zero-order valence-corrected chi connectivity index (χ0v) is 11.0. The number of halogens is 1. The van der Waals surface area contributed by atoms with E-state index < -0.39 is 0 Å². The molecule has 68 valence electrons. The van der Waals surface area contributed by atoms with Crippen LogP contribution in [0.1, 0.15) is 0 Å². The van der Waals surface area contributed by atoms with E-state index in [9.17, 15) is 0 Å². The molecule has 4 heteroatoms. The molecular formula is C9H7BrS3. The quantitative estimate of drug-likeness (QED) is 0.588. The van der Waals surface area contributed by atoms with Gasteiger partial charge in [0.2, 0.25) is 0 Å². The van der Waals surface area contributed by atoms with Crippen LogP contribution in [0.3, 0.4) is 0 Å². The van der Waals surface area contributed by atoms with Crippen LogP contribution in [0, 0.1) is 0 Å². The molecule has 1 aromatic carbocycles. The Morgan fingerprint density at radius 2 is 2.23 bits per heavy atom. The van der Waals surface area contributed by atoms with Gasteiger partial charge in [-0.3, -0.25) is 0 Å². The molecule has 0 nitrogen and oxygen atoms in total. The highest BCUT2D eigenvalue weighted by atomic mass is 79.9. The van der Waals surface area contributed by atoms with Crippen molar-refractivity contribution in [2.45, 2.75) is 9.79 Å². The number of thiol groups is 1. The summed E-state index contributed by atoms with van der Waals surface area (Å²) in [4.78, 5) is 2.34. The van der Waals surface area contributed by atoms with Gasteiger partial charge in [0.05, 0.1) is 0 Å². The van der Waals surface area contributed by atoms with Crippen molar-refractivity contribution in [1.82, 2.24) is 0 Å². The molecule has 2 aromatic rings. The van der Waals surface area contributed by atoms with Crippen molar-refractivity contribution in [3.8, 4) is 0 Å². The average molecular weight is 291 g/mol. The molecule has 13 heavy (non-hydrogen) atoms. The molecule has 0 fully saturated rings. The predicted octanol–water partition coefficient (Wildman–Crippen LogP) is 4.67. The molecule has 0 amide bonds. The Balaban J connectivity index is 2.82. The summed E-state index contributed by atoms with van der Waals surface area (Å²) in [7, 11) is 0. The minimum absolute atomic E-state index is 1.01. The second kappa shape index (κ2) is 3.85. The fourth-order valence-corrected chi connectivity index (χ4v) is 4.19. The summed E-state index contributed by atoms with van der Waals surface area (Å²) >= 11 is 11.4. The lowest BCUT2D eigenvalue weighted by molar-refractivity contribution is 1.49. The maximum absolute atomic E-state index is 4.36. The Kier molecular flexibility index (Phi) is 2.93. The van der Waals surface area contributed by atoms with Gasteiger partial charge in [0, 0.05) is 29.7 Å². The Bertz CT molecular complexity index is 447. The van der Waals surface area contributed by atoms with Gasteiger partial charge >= 0.3 is 0 Å². The van der Waals surface area contributed by atoms with Gasteiger partial charge in [-0.2, -0.15) is 0 Å². The first-order valence-corrected chi connectivity index (χ1v) is 7.00. The number of benzene rings is 1. The Morgan fingerprint density at radius 1 is 1.46 bits per heavy atom. The van der Waals surface area contributed by atoms with E-state index in [1.807, 2.05) is 6.07 Å². The summed E-state index contributed by atoms with van der Waals surface area (Å²) in [6, 6.07) is 4.15. The van der Waals surface area contributed by atoms with Gasteiger partial charge in [-0.05, 0) is 34.3 Å². The third-order valence-corrected chi connectivity index (χ3v) is 4.90. The Labute approximate surface area is 99.3 Å². The third kappa shape index (κ3) is 1.77. The van der Waals surface area contributed by atoms with E-state index >= 15 is 0 Å². The van der Waals surface area contributed by atoms with Crippen molar-refractivity contribution in [3.05, 3.63) is 22.0 Å². The number of fused-ring (bicyclic) bond motifs is 1. The van der Waals surface area contributed by atoms with Crippen LogP contribution in [0.25, 0.3) is 10.1 Å². The van der Waals surface area contributed by atoms with Crippen LogP contribution >= 0.6 is 51.7 Å². The normalized spacial score (nSPS) is 11.0. The van der Waals surface area contributed by atoms with E-state index in [-0.39, 0.29) is 0 Å². The lowest BCUT2D eigenvalue weighted by Crippen LogP contribution is -1.71. The van der Waals surface area contributed by atoms with Crippen LogP contribution in [0.5, 0.6) is 0 Å². The summed E-state index contributed by atoms with van der Waals surface area (Å²) in [5.41, 5.74) is 0. The molecule has 0 radical (unpaired) electrons. The fourth-order valence-electron chi connectivity index (χ4n) is 1.22. The number of hydrogen-bond acceptors (Lipinski definition) is 3. The van der Waals surface area contributed by atoms with Gasteiger partial charge in [-0.1, -0.05) is 0 Å². The Hall–Kier alpha value is 0.360. The molecule has 0 N–H and O–H groups in total. The van der Waals surface area contributed by atoms with Crippen LogP contribution in [-0.4, -0.2) is 6.26 Å². The number of hydrogen-bond donors (Lipinski definition) is 1. The van der Waals surface area contributed by atoms with Crippen molar-refractivity contribution < 1.29 is 0 Å². The zero-order valence-electron chi connectivity index (χ0n) is 6.87. The van der Waals surface area contributed by atoms with E-state index in [0.29, 0.717) is 0 Å². The summed E-state index contributed by atoms with van der Waals surface area (Å²) in [6.07, 6.45) is 2.10. The zero-order chi connectivity index (χ0) is 9.42. The molecule has 0 saturated carbocycles. The topological polar surface area (TPSA) is 0 Å². The molecule has 0 aliphatic carbocycles. The molecule has 1 aromatic heterocycles. The maximum atomic E-state index is 4.36. The predicted molar refractivity (Wildman–Crippen MR) is 68.6 cm³/mol. The standard InChI is InChI=1S/C9H7BrS3/c1-12-8-4-13-9-6(8)2-5(11)3-7(9)10/h2-4,11H,1H3. The first-order chi connectivity index (χ1) is 6.22. The van der Waals surface area contributed by atoms with Gasteiger partial charge in [0.1, 0.15) is 0 Å². The van der Waals surface area contributed by atoms with Crippen molar-refractivity contribution in [3.63, 3.8) is 0 Å². The van der Waals surface area contributed by atoms with Gasteiger partial charge in [0.15, 0.2) is 0 Å². The first-order valence-electron chi connectivity index (χ1n) is 3.66. The van der Waals surface area contributed by atoms with Crippen LogP contribution in [0.2, 0.25) is 0 Å². The SMILES string of the molecule is CSc1csc2c(Br)cc(S)cc12. The van der Waals surface area contributed by atoms with Crippen molar-refractivity contribution in [2.24, 2.45) is 0 Å². The molecule has 0 atom stereocenters. The van der Waals surface area contributed by atoms with Crippen molar-refractivity contribution >= 4 is 61.7 Å². The van der Waals surface area contributed by atoms with Gasteiger partial charge < -0.3 is 0 Å². The van der Waals surface area contributed by atoms with Gasteiger partial charge in [-0.25, -0.2) is 0 Å². The average Bonchev–Trinajstić information content (AvgIpc) is 2.47. The first kappa shape index (κ1) is 9.90. The maximum Gasteiger partial charge on any atom is 0.0497 e. The smallest absolute Gasteiger partial charge is 0.0497 e. The lowest BCUT2D eigenvalue weighted by Gasteiger charge is -1.98. The number of thiophene rings is 1. The van der Waals surface area contributed by atoms with Crippen LogP contribution in [0.4, 0.5) is 0 Å². The highest BCUT2D eigenvalue weighted by Crippen LogP contribution is 2.38. The summed E-state index contributed by atoms with van der Waals surface area (Å²) in [6.45, 7) is 0.